The predicted molar refractivity (Wildman–Crippen MR) is 119 cm³/mol. The maximum atomic E-state index is 12.8. The molecule has 1 aromatic carbocycles. The van der Waals surface area contributed by atoms with Crippen molar-refractivity contribution < 1.29 is 19.1 Å². The molecule has 4 rings (SSSR count). The molecule has 2 fully saturated rings. The largest absolute Gasteiger partial charge is 0.378 e. The highest BCUT2D eigenvalue weighted by atomic mass is 16.5. The molecule has 9 heteroatoms. The fourth-order valence-electron chi connectivity index (χ4n) is 4.26. The van der Waals surface area contributed by atoms with E-state index in [9.17, 15) is 9.59 Å². The average Bonchev–Trinajstić information content (AvgIpc) is 3.27. The lowest BCUT2D eigenvalue weighted by Crippen LogP contribution is -2.42. The summed E-state index contributed by atoms with van der Waals surface area (Å²) in [6, 6.07) is 9.98. The van der Waals surface area contributed by atoms with Crippen molar-refractivity contribution in [3.63, 3.8) is 0 Å². The number of ether oxygens (including phenoxy) is 2. The second kappa shape index (κ2) is 10.6. The number of hydrogen-bond donors (Lipinski definition) is 1. The van der Waals surface area contributed by atoms with Gasteiger partial charge in [-0.3, -0.25) is 9.48 Å². The summed E-state index contributed by atoms with van der Waals surface area (Å²) in [4.78, 5) is 28.6. The van der Waals surface area contributed by atoms with Crippen LogP contribution >= 0.6 is 0 Å². The molecule has 0 bridgehead atoms. The predicted octanol–water partition coefficient (Wildman–Crippen LogP) is 2.37. The van der Waals surface area contributed by atoms with Crippen LogP contribution in [0.1, 0.15) is 24.5 Å². The number of nitrogens with one attached hydrogen (secondary N) is 1. The third kappa shape index (κ3) is 5.66. The smallest absolute Gasteiger partial charge is 0.321 e. The van der Waals surface area contributed by atoms with Crippen LogP contribution < -0.4 is 5.32 Å². The van der Waals surface area contributed by atoms with Crippen molar-refractivity contribution in [1.29, 1.82) is 0 Å². The second-order valence-electron chi connectivity index (χ2n) is 8.33. The normalized spacial score (nSPS) is 21.2. The lowest BCUT2D eigenvalue weighted by Gasteiger charge is -2.34. The van der Waals surface area contributed by atoms with E-state index in [1.54, 1.807) is 33.9 Å². The second-order valence-corrected chi connectivity index (χ2v) is 8.33. The SMILES string of the molecule is CN(CC1CCCOC1c1ccccc1)C(=O)Nc1cnn(CC(=O)N2CCOCC2)c1. The molecule has 172 valence electrons. The maximum Gasteiger partial charge on any atom is 0.321 e. The van der Waals surface area contributed by atoms with Gasteiger partial charge in [0.2, 0.25) is 5.91 Å². The highest BCUT2D eigenvalue weighted by Gasteiger charge is 2.29. The topological polar surface area (TPSA) is 88.9 Å². The van der Waals surface area contributed by atoms with Gasteiger partial charge in [0.05, 0.1) is 31.2 Å². The Balaban J connectivity index is 1.30. The third-order valence-corrected chi connectivity index (χ3v) is 5.97. The van der Waals surface area contributed by atoms with Crippen molar-refractivity contribution in [2.75, 3.05) is 51.8 Å². The summed E-state index contributed by atoms with van der Waals surface area (Å²) in [5.74, 6) is 0.228. The monoisotopic (exact) mass is 441 g/mol. The first kappa shape index (κ1) is 22.3. The molecule has 9 nitrogen and oxygen atoms in total. The minimum Gasteiger partial charge on any atom is -0.378 e. The molecule has 32 heavy (non-hydrogen) atoms. The van der Waals surface area contributed by atoms with Gasteiger partial charge in [-0.15, -0.1) is 0 Å². The first-order valence-corrected chi connectivity index (χ1v) is 11.2. The first-order valence-electron chi connectivity index (χ1n) is 11.2. The van der Waals surface area contributed by atoms with E-state index in [0.717, 1.165) is 25.0 Å². The van der Waals surface area contributed by atoms with E-state index >= 15 is 0 Å². The maximum absolute atomic E-state index is 12.8. The van der Waals surface area contributed by atoms with E-state index in [4.69, 9.17) is 9.47 Å². The van der Waals surface area contributed by atoms with Gasteiger partial charge >= 0.3 is 6.03 Å². The number of carbonyl (C=O) groups excluding carboxylic acids is 2. The van der Waals surface area contributed by atoms with Crippen LogP contribution in [-0.2, 0) is 20.8 Å². The molecule has 2 unspecified atom stereocenters. The molecule has 3 heterocycles. The Morgan fingerprint density at radius 2 is 1.97 bits per heavy atom. The molecule has 2 saturated heterocycles. The standard InChI is InChI=1S/C23H31N5O4/c1-26(15-19-8-5-11-32-22(19)18-6-3-2-4-7-18)23(30)25-20-14-24-28(16-20)17-21(29)27-9-12-31-13-10-27/h2-4,6-7,14,16,19,22H,5,8-13,15,17H2,1H3,(H,25,30). The third-order valence-electron chi connectivity index (χ3n) is 5.97. The Labute approximate surface area is 188 Å². The van der Waals surface area contributed by atoms with Gasteiger partial charge in [0.15, 0.2) is 0 Å². The fourth-order valence-corrected chi connectivity index (χ4v) is 4.26. The Morgan fingerprint density at radius 3 is 2.75 bits per heavy atom. The van der Waals surface area contributed by atoms with Crippen LogP contribution in [0.5, 0.6) is 0 Å². The van der Waals surface area contributed by atoms with Gasteiger partial charge in [0.1, 0.15) is 6.54 Å². The van der Waals surface area contributed by atoms with Crippen molar-refractivity contribution >= 4 is 17.6 Å². The molecule has 2 aliphatic heterocycles. The van der Waals surface area contributed by atoms with E-state index in [1.165, 1.54) is 0 Å². The molecule has 2 atom stereocenters. The average molecular weight is 442 g/mol. The number of aromatic nitrogens is 2. The van der Waals surface area contributed by atoms with Crippen molar-refractivity contribution in [2.45, 2.75) is 25.5 Å². The van der Waals surface area contributed by atoms with Gasteiger partial charge in [0.25, 0.3) is 0 Å². The lowest BCUT2D eigenvalue weighted by molar-refractivity contribution is -0.136. The zero-order valence-corrected chi connectivity index (χ0v) is 18.5. The van der Waals surface area contributed by atoms with Crippen LogP contribution in [0.25, 0.3) is 0 Å². The molecule has 2 aliphatic rings. The van der Waals surface area contributed by atoms with Gasteiger partial charge in [0, 0.05) is 45.4 Å². The van der Waals surface area contributed by atoms with Crippen LogP contribution in [0.15, 0.2) is 42.7 Å². The summed E-state index contributed by atoms with van der Waals surface area (Å²) >= 11 is 0. The van der Waals surface area contributed by atoms with E-state index < -0.39 is 0 Å². The summed E-state index contributed by atoms with van der Waals surface area (Å²) in [5.41, 5.74) is 1.72. The quantitative estimate of drug-likeness (QED) is 0.744. The summed E-state index contributed by atoms with van der Waals surface area (Å²) in [5, 5.41) is 7.09. The minimum absolute atomic E-state index is 0.00403. The van der Waals surface area contributed by atoms with E-state index in [-0.39, 0.29) is 30.5 Å². The fraction of sp³-hybridized carbons (Fsp3) is 0.522. The Hall–Kier alpha value is -2.91. The Bertz CT molecular complexity index is 897. The zero-order chi connectivity index (χ0) is 22.3. The number of amides is 3. The summed E-state index contributed by atoms with van der Waals surface area (Å²) < 4.78 is 12.9. The Kier molecular flexibility index (Phi) is 7.39. The van der Waals surface area contributed by atoms with Crippen molar-refractivity contribution in [3.8, 4) is 0 Å². The van der Waals surface area contributed by atoms with Crippen LogP contribution in [0.4, 0.5) is 10.5 Å². The number of benzene rings is 1. The molecule has 0 aliphatic carbocycles. The highest BCUT2D eigenvalue weighted by molar-refractivity contribution is 5.88. The highest BCUT2D eigenvalue weighted by Crippen LogP contribution is 2.34. The number of rotatable bonds is 6. The minimum atomic E-state index is -0.207. The molecule has 1 aromatic heterocycles. The Morgan fingerprint density at radius 1 is 1.19 bits per heavy atom. The van der Waals surface area contributed by atoms with Crippen molar-refractivity contribution in [3.05, 3.63) is 48.3 Å². The molecule has 1 N–H and O–H groups in total. The summed E-state index contributed by atoms with van der Waals surface area (Å²) in [7, 11) is 1.79. The van der Waals surface area contributed by atoms with E-state index in [1.807, 2.05) is 18.2 Å². The van der Waals surface area contributed by atoms with Gasteiger partial charge in [-0.25, -0.2) is 4.79 Å². The molecule has 2 aromatic rings. The van der Waals surface area contributed by atoms with Crippen LogP contribution in [0.2, 0.25) is 0 Å². The van der Waals surface area contributed by atoms with Crippen molar-refractivity contribution in [1.82, 2.24) is 19.6 Å². The zero-order valence-electron chi connectivity index (χ0n) is 18.5. The van der Waals surface area contributed by atoms with Crippen LogP contribution in [0, 0.1) is 5.92 Å². The molecule has 0 spiro atoms. The summed E-state index contributed by atoms with van der Waals surface area (Å²) in [6.07, 6.45) is 5.25. The number of urea groups is 1. The number of anilines is 1. The van der Waals surface area contributed by atoms with E-state index in [0.29, 0.717) is 38.5 Å². The lowest BCUT2D eigenvalue weighted by atomic mass is 9.89. The number of hydrogen-bond acceptors (Lipinski definition) is 5. The van der Waals surface area contributed by atoms with Gasteiger partial charge < -0.3 is 24.6 Å². The molecule has 3 amide bonds. The van der Waals surface area contributed by atoms with Crippen molar-refractivity contribution in [2.24, 2.45) is 5.92 Å². The van der Waals surface area contributed by atoms with Gasteiger partial charge in [-0.05, 0) is 18.4 Å². The first-order chi connectivity index (χ1) is 15.6. The van der Waals surface area contributed by atoms with Gasteiger partial charge in [-0.2, -0.15) is 5.10 Å². The molecule has 0 saturated carbocycles. The number of nitrogens with zero attached hydrogens (tertiary/aromatic N) is 4. The molecular weight excluding hydrogens is 410 g/mol. The van der Waals surface area contributed by atoms with Crippen LogP contribution in [0.3, 0.4) is 0 Å². The molecular formula is C23H31N5O4. The van der Waals surface area contributed by atoms with Crippen LogP contribution in [-0.4, -0.2) is 78.0 Å². The number of morpholine rings is 1. The molecule has 0 radical (unpaired) electrons. The van der Waals surface area contributed by atoms with E-state index in [2.05, 4.69) is 22.5 Å². The number of carbonyl (C=O) groups is 2. The summed E-state index contributed by atoms with van der Waals surface area (Å²) in [6.45, 7) is 3.81. The van der Waals surface area contributed by atoms with Gasteiger partial charge in [-0.1, -0.05) is 30.3 Å².